The van der Waals surface area contributed by atoms with E-state index in [0.29, 0.717) is 5.69 Å². The minimum atomic E-state index is -1.01. The molecule has 5 nitrogen and oxygen atoms in total. The van der Waals surface area contributed by atoms with Crippen LogP contribution in [-0.4, -0.2) is 26.9 Å². The molecule has 0 aromatic carbocycles. The molecule has 0 saturated carbocycles. The summed E-state index contributed by atoms with van der Waals surface area (Å²) >= 11 is 3.30. The fraction of sp³-hybridized carbons (Fsp3) is 0.500. The number of carboxylic acids is 1. The fourth-order valence-electron chi connectivity index (χ4n) is 1.03. The first-order chi connectivity index (χ1) is 6.54. The molecular weight excluding hydrogens is 250 g/mol. The van der Waals surface area contributed by atoms with E-state index < -0.39 is 12.0 Å². The molecule has 0 saturated heterocycles. The van der Waals surface area contributed by atoms with Crippen LogP contribution in [0.4, 0.5) is 0 Å². The molecule has 1 aromatic rings. The molecule has 1 aromatic heterocycles. The third kappa shape index (κ3) is 2.55. The Balaban J connectivity index is 2.75. The van der Waals surface area contributed by atoms with Crippen molar-refractivity contribution in [3.05, 3.63) is 16.4 Å². The Kier molecular flexibility index (Phi) is 3.65. The number of hydrogen-bond donors (Lipinski definition) is 2. The molecule has 0 spiro atoms. The highest BCUT2D eigenvalue weighted by atomic mass is 79.9. The molecule has 6 heteroatoms. The highest BCUT2D eigenvalue weighted by Crippen LogP contribution is 2.16. The standard InChI is InChI=1S/C8H12BrN3O2/c1-2-12-4-5(9)7(11-12)3-6(10)8(13)14/h4,6H,2-3,10H2,1H3,(H,13,14). The molecule has 0 fully saturated rings. The van der Waals surface area contributed by atoms with Gasteiger partial charge in [0.1, 0.15) is 6.04 Å². The van der Waals surface area contributed by atoms with Gasteiger partial charge in [0.25, 0.3) is 0 Å². The van der Waals surface area contributed by atoms with Gasteiger partial charge < -0.3 is 10.8 Å². The molecule has 1 atom stereocenters. The van der Waals surface area contributed by atoms with Gasteiger partial charge >= 0.3 is 5.97 Å². The highest BCUT2D eigenvalue weighted by molar-refractivity contribution is 9.10. The van der Waals surface area contributed by atoms with E-state index in [0.717, 1.165) is 11.0 Å². The molecule has 0 aliphatic carbocycles. The van der Waals surface area contributed by atoms with Crippen molar-refractivity contribution in [3.8, 4) is 0 Å². The summed E-state index contributed by atoms with van der Waals surface area (Å²) in [5.74, 6) is -1.01. The van der Waals surface area contributed by atoms with Crippen molar-refractivity contribution in [1.82, 2.24) is 9.78 Å². The number of nitrogens with zero attached hydrogens (tertiary/aromatic N) is 2. The maximum absolute atomic E-state index is 10.5. The second-order valence-electron chi connectivity index (χ2n) is 2.93. The number of aromatic nitrogens is 2. The Morgan fingerprint density at radius 2 is 2.50 bits per heavy atom. The zero-order valence-electron chi connectivity index (χ0n) is 7.77. The zero-order chi connectivity index (χ0) is 10.7. The van der Waals surface area contributed by atoms with Gasteiger partial charge in [0.05, 0.1) is 10.2 Å². The molecule has 14 heavy (non-hydrogen) atoms. The summed E-state index contributed by atoms with van der Waals surface area (Å²) in [6.45, 7) is 2.71. The number of halogens is 1. The van der Waals surface area contributed by atoms with Crippen molar-refractivity contribution in [3.63, 3.8) is 0 Å². The van der Waals surface area contributed by atoms with Crippen molar-refractivity contribution in [1.29, 1.82) is 0 Å². The summed E-state index contributed by atoms with van der Waals surface area (Å²) in [7, 11) is 0. The third-order valence-electron chi connectivity index (χ3n) is 1.84. The average molecular weight is 262 g/mol. The van der Waals surface area contributed by atoms with Gasteiger partial charge in [0.2, 0.25) is 0 Å². The smallest absolute Gasteiger partial charge is 0.320 e. The molecule has 1 rings (SSSR count). The van der Waals surface area contributed by atoms with E-state index in [1.54, 1.807) is 4.68 Å². The molecule has 3 N–H and O–H groups in total. The van der Waals surface area contributed by atoms with Gasteiger partial charge in [-0.2, -0.15) is 5.10 Å². The Morgan fingerprint density at radius 3 is 2.93 bits per heavy atom. The summed E-state index contributed by atoms with van der Waals surface area (Å²) in [5.41, 5.74) is 6.08. The second kappa shape index (κ2) is 4.56. The number of carbonyl (C=O) groups is 1. The minimum Gasteiger partial charge on any atom is -0.480 e. The van der Waals surface area contributed by atoms with Crippen LogP contribution >= 0.6 is 15.9 Å². The lowest BCUT2D eigenvalue weighted by molar-refractivity contribution is -0.138. The van der Waals surface area contributed by atoms with E-state index in [1.807, 2.05) is 13.1 Å². The largest absolute Gasteiger partial charge is 0.480 e. The van der Waals surface area contributed by atoms with Gasteiger partial charge in [-0.3, -0.25) is 9.48 Å². The number of rotatable bonds is 4. The van der Waals surface area contributed by atoms with Gasteiger partial charge in [-0.15, -0.1) is 0 Å². The average Bonchev–Trinajstić information content (AvgIpc) is 2.47. The van der Waals surface area contributed by atoms with Crippen LogP contribution in [0.25, 0.3) is 0 Å². The maximum Gasteiger partial charge on any atom is 0.320 e. The molecule has 0 aliphatic heterocycles. The minimum absolute atomic E-state index is 0.239. The monoisotopic (exact) mass is 261 g/mol. The van der Waals surface area contributed by atoms with Gasteiger partial charge in [-0.05, 0) is 22.9 Å². The first-order valence-corrected chi connectivity index (χ1v) is 5.04. The lowest BCUT2D eigenvalue weighted by atomic mass is 10.2. The Hall–Kier alpha value is -0.880. The lowest BCUT2D eigenvalue weighted by Crippen LogP contribution is -2.32. The van der Waals surface area contributed by atoms with Crippen molar-refractivity contribution < 1.29 is 9.90 Å². The third-order valence-corrected chi connectivity index (χ3v) is 2.50. The van der Waals surface area contributed by atoms with Crippen molar-refractivity contribution in [2.45, 2.75) is 25.9 Å². The normalized spacial score (nSPS) is 12.8. The van der Waals surface area contributed by atoms with Gasteiger partial charge in [-0.25, -0.2) is 0 Å². The van der Waals surface area contributed by atoms with Crippen molar-refractivity contribution in [2.75, 3.05) is 0 Å². The zero-order valence-corrected chi connectivity index (χ0v) is 9.36. The molecular formula is C8H12BrN3O2. The van der Waals surface area contributed by atoms with Crippen LogP contribution in [0.5, 0.6) is 0 Å². The van der Waals surface area contributed by atoms with Crippen LogP contribution in [0.2, 0.25) is 0 Å². The van der Waals surface area contributed by atoms with Crippen LogP contribution in [0.15, 0.2) is 10.7 Å². The Bertz CT molecular complexity index is 337. The van der Waals surface area contributed by atoms with Crippen LogP contribution in [-0.2, 0) is 17.8 Å². The molecule has 0 bridgehead atoms. The summed E-state index contributed by atoms with van der Waals surface area (Å²) in [6.07, 6.45) is 2.05. The lowest BCUT2D eigenvalue weighted by Gasteiger charge is -2.03. The molecule has 78 valence electrons. The van der Waals surface area contributed by atoms with Crippen molar-refractivity contribution in [2.24, 2.45) is 5.73 Å². The Labute approximate surface area is 90.0 Å². The van der Waals surface area contributed by atoms with Gasteiger partial charge in [-0.1, -0.05) is 0 Å². The summed E-state index contributed by atoms with van der Waals surface area (Å²) in [4.78, 5) is 10.5. The molecule has 0 radical (unpaired) electrons. The summed E-state index contributed by atoms with van der Waals surface area (Å²) in [5, 5.41) is 12.8. The van der Waals surface area contributed by atoms with E-state index in [9.17, 15) is 4.79 Å². The quantitative estimate of drug-likeness (QED) is 0.833. The Morgan fingerprint density at radius 1 is 1.86 bits per heavy atom. The summed E-state index contributed by atoms with van der Waals surface area (Å²) < 4.78 is 2.53. The fourth-order valence-corrected chi connectivity index (χ4v) is 1.51. The van der Waals surface area contributed by atoms with E-state index in [1.165, 1.54) is 0 Å². The molecule has 0 amide bonds. The van der Waals surface area contributed by atoms with E-state index in [2.05, 4.69) is 21.0 Å². The van der Waals surface area contributed by atoms with Gasteiger partial charge in [0, 0.05) is 19.2 Å². The number of hydrogen-bond acceptors (Lipinski definition) is 3. The first kappa shape index (κ1) is 11.2. The number of aryl methyl sites for hydroxylation is 1. The first-order valence-electron chi connectivity index (χ1n) is 4.24. The number of carboxylic acid groups (broad SMARTS) is 1. The predicted octanol–water partition coefficient (Wildman–Crippen LogP) is 0.620. The van der Waals surface area contributed by atoms with E-state index >= 15 is 0 Å². The SMILES string of the molecule is CCn1cc(Br)c(CC(N)C(=O)O)n1. The van der Waals surface area contributed by atoms with Gasteiger partial charge in [0.15, 0.2) is 0 Å². The molecule has 1 unspecified atom stereocenters. The van der Waals surface area contributed by atoms with Crippen molar-refractivity contribution >= 4 is 21.9 Å². The van der Waals surface area contributed by atoms with Crippen LogP contribution < -0.4 is 5.73 Å². The summed E-state index contributed by atoms with van der Waals surface area (Å²) in [6, 6.07) is -0.897. The molecule has 0 aliphatic rings. The van der Waals surface area contributed by atoms with Crippen LogP contribution in [0, 0.1) is 0 Å². The van der Waals surface area contributed by atoms with E-state index in [4.69, 9.17) is 10.8 Å². The highest BCUT2D eigenvalue weighted by Gasteiger charge is 2.16. The number of aliphatic carboxylic acids is 1. The maximum atomic E-state index is 10.5. The second-order valence-corrected chi connectivity index (χ2v) is 3.78. The number of nitrogens with two attached hydrogens (primary N) is 1. The van der Waals surface area contributed by atoms with E-state index in [-0.39, 0.29) is 6.42 Å². The van der Waals surface area contributed by atoms with Crippen LogP contribution in [0.1, 0.15) is 12.6 Å². The predicted molar refractivity (Wildman–Crippen MR) is 54.9 cm³/mol. The van der Waals surface area contributed by atoms with Crippen LogP contribution in [0.3, 0.4) is 0 Å². The molecule has 1 heterocycles. The topological polar surface area (TPSA) is 81.1 Å².